The number of aliphatic hydroxyl groups excluding tert-OH is 1. The molecule has 0 saturated heterocycles. The van der Waals surface area contributed by atoms with Gasteiger partial charge in [-0.25, -0.2) is 0 Å². The Morgan fingerprint density at radius 3 is 2.05 bits per heavy atom. The fraction of sp³-hybridized carbons (Fsp3) is 0.300. The van der Waals surface area contributed by atoms with Crippen LogP contribution in [0.1, 0.15) is 10.4 Å². The minimum atomic E-state index is -0.810. The average molecular weight is 269 g/mol. The molecule has 1 aromatic carbocycles. The number of hydrogen-bond acceptors (Lipinski definition) is 6. The molecule has 0 spiro atoms. The minimum absolute atomic E-state index is 0.0231. The standard InChI is InChI=1S/C10H11N3O6/c1-11(2-3-14)10(15)7-4-8(12(16)17)6-9(5-7)13(18)19/h4-6,14H,2-3H2,1H3. The smallest absolute Gasteiger partial charge is 0.277 e. The van der Waals surface area contributed by atoms with Gasteiger partial charge in [0, 0.05) is 25.7 Å². The monoisotopic (exact) mass is 269 g/mol. The molecule has 0 heterocycles. The Bertz CT molecular complexity index is 498. The lowest BCUT2D eigenvalue weighted by Crippen LogP contribution is -2.29. The molecule has 1 N–H and O–H groups in total. The summed E-state index contributed by atoms with van der Waals surface area (Å²) in [7, 11) is 1.38. The molecular formula is C10H11N3O6. The van der Waals surface area contributed by atoms with Gasteiger partial charge in [0.15, 0.2) is 0 Å². The SMILES string of the molecule is CN(CCO)C(=O)c1cc([N+](=O)[O-])cc([N+](=O)[O-])c1. The number of amides is 1. The summed E-state index contributed by atoms with van der Waals surface area (Å²) in [5.74, 6) is -0.638. The van der Waals surface area contributed by atoms with Crippen molar-refractivity contribution < 1.29 is 19.7 Å². The van der Waals surface area contributed by atoms with Crippen molar-refractivity contribution in [3.05, 3.63) is 44.0 Å². The molecule has 0 aliphatic heterocycles. The first-order valence-corrected chi connectivity index (χ1v) is 5.17. The summed E-state index contributed by atoms with van der Waals surface area (Å²) in [6, 6.07) is 2.70. The van der Waals surface area contributed by atoms with Gasteiger partial charge in [0.25, 0.3) is 17.3 Å². The Morgan fingerprint density at radius 1 is 1.21 bits per heavy atom. The van der Waals surface area contributed by atoms with Crippen molar-refractivity contribution in [2.24, 2.45) is 0 Å². The maximum absolute atomic E-state index is 11.9. The van der Waals surface area contributed by atoms with E-state index in [0.717, 1.165) is 23.1 Å². The molecule has 0 radical (unpaired) electrons. The van der Waals surface area contributed by atoms with Gasteiger partial charge in [0.05, 0.1) is 28.1 Å². The number of nitro groups is 2. The molecule has 0 aliphatic rings. The number of carbonyl (C=O) groups excluding carboxylic acids is 1. The second-order valence-corrected chi connectivity index (χ2v) is 3.70. The molecular weight excluding hydrogens is 258 g/mol. The van der Waals surface area contributed by atoms with E-state index in [4.69, 9.17) is 5.11 Å². The minimum Gasteiger partial charge on any atom is -0.395 e. The van der Waals surface area contributed by atoms with Crippen molar-refractivity contribution in [2.75, 3.05) is 20.2 Å². The molecule has 9 heteroatoms. The molecule has 9 nitrogen and oxygen atoms in total. The van der Waals surface area contributed by atoms with Crippen LogP contribution >= 0.6 is 0 Å². The number of hydrogen-bond donors (Lipinski definition) is 1. The third-order valence-electron chi connectivity index (χ3n) is 2.35. The number of benzene rings is 1. The van der Waals surface area contributed by atoms with Crippen LogP contribution in [0, 0.1) is 20.2 Å². The van der Waals surface area contributed by atoms with E-state index < -0.39 is 27.1 Å². The number of carbonyl (C=O) groups is 1. The Hall–Kier alpha value is -2.55. The third-order valence-corrected chi connectivity index (χ3v) is 2.35. The van der Waals surface area contributed by atoms with Crippen LogP contribution < -0.4 is 0 Å². The molecule has 0 saturated carbocycles. The molecule has 0 bridgehead atoms. The van der Waals surface area contributed by atoms with Crippen LogP contribution in [0.5, 0.6) is 0 Å². The first kappa shape index (κ1) is 14.5. The van der Waals surface area contributed by atoms with Gasteiger partial charge >= 0.3 is 0 Å². The number of non-ortho nitro benzene ring substituents is 2. The van der Waals surface area contributed by atoms with Gasteiger partial charge in [-0.15, -0.1) is 0 Å². The third kappa shape index (κ3) is 3.45. The molecule has 19 heavy (non-hydrogen) atoms. The van der Waals surface area contributed by atoms with E-state index in [2.05, 4.69) is 0 Å². The van der Waals surface area contributed by atoms with Crippen molar-refractivity contribution in [2.45, 2.75) is 0 Å². The van der Waals surface area contributed by atoms with E-state index in [-0.39, 0.29) is 18.7 Å². The zero-order valence-corrected chi connectivity index (χ0v) is 9.98. The van der Waals surface area contributed by atoms with Gasteiger partial charge in [-0.3, -0.25) is 25.0 Å². The van der Waals surface area contributed by atoms with Crippen molar-refractivity contribution in [1.29, 1.82) is 0 Å². The van der Waals surface area contributed by atoms with Crippen LogP contribution in [0.3, 0.4) is 0 Å². The van der Waals surface area contributed by atoms with Crippen LogP contribution in [-0.2, 0) is 0 Å². The zero-order chi connectivity index (χ0) is 14.6. The van der Waals surface area contributed by atoms with Crippen LogP contribution in [0.25, 0.3) is 0 Å². The Balaban J connectivity index is 3.23. The normalized spacial score (nSPS) is 10.0. The average Bonchev–Trinajstić information content (AvgIpc) is 2.37. The molecule has 0 atom stereocenters. The first-order valence-electron chi connectivity index (χ1n) is 5.17. The lowest BCUT2D eigenvalue weighted by Gasteiger charge is -2.15. The highest BCUT2D eigenvalue weighted by Gasteiger charge is 2.21. The summed E-state index contributed by atoms with van der Waals surface area (Å²) in [5.41, 5.74) is -1.23. The summed E-state index contributed by atoms with van der Waals surface area (Å²) in [4.78, 5) is 32.7. The highest BCUT2D eigenvalue weighted by molar-refractivity contribution is 5.95. The Labute approximate surface area is 107 Å². The summed E-state index contributed by atoms with van der Waals surface area (Å²) in [6.07, 6.45) is 0. The van der Waals surface area contributed by atoms with Gasteiger partial charge < -0.3 is 10.0 Å². The molecule has 0 fully saturated rings. The molecule has 0 aliphatic carbocycles. The number of rotatable bonds is 5. The molecule has 0 unspecified atom stereocenters. The van der Waals surface area contributed by atoms with Gasteiger partial charge in [-0.2, -0.15) is 0 Å². The predicted molar refractivity (Wildman–Crippen MR) is 63.8 cm³/mol. The van der Waals surface area contributed by atoms with Gasteiger partial charge in [0.1, 0.15) is 0 Å². The first-order chi connectivity index (χ1) is 8.86. The van der Waals surface area contributed by atoms with Crippen molar-refractivity contribution >= 4 is 17.3 Å². The van der Waals surface area contributed by atoms with Crippen LogP contribution in [0.4, 0.5) is 11.4 Å². The summed E-state index contributed by atoms with van der Waals surface area (Å²) in [5, 5.41) is 30.0. The van der Waals surface area contributed by atoms with E-state index in [1.54, 1.807) is 0 Å². The van der Waals surface area contributed by atoms with Crippen LogP contribution in [-0.4, -0.2) is 46.0 Å². The summed E-state index contributed by atoms with van der Waals surface area (Å²) >= 11 is 0. The number of aliphatic hydroxyl groups is 1. The maximum atomic E-state index is 11.9. The van der Waals surface area contributed by atoms with E-state index in [1.165, 1.54) is 7.05 Å². The number of likely N-dealkylation sites (N-methyl/N-ethyl adjacent to an activating group) is 1. The van der Waals surface area contributed by atoms with E-state index >= 15 is 0 Å². The second kappa shape index (κ2) is 5.87. The van der Waals surface area contributed by atoms with Crippen molar-refractivity contribution in [3.63, 3.8) is 0 Å². The molecule has 102 valence electrons. The van der Waals surface area contributed by atoms with Gasteiger partial charge in [-0.05, 0) is 0 Å². The van der Waals surface area contributed by atoms with Crippen molar-refractivity contribution in [3.8, 4) is 0 Å². The lowest BCUT2D eigenvalue weighted by atomic mass is 10.1. The Morgan fingerprint density at radius 2 is 1.68 bits per heavy atom. The molecule has 1 aromatic rings. The molecule has 0 aromatic heterocycles. The Kier molecular flexibility index (Phi) is 4.48. The highest BCUT2D eigenvalue weighted by atomic mass is 16.6. The van der Waals surface area contributed by atoms with Gasteiger partial charge in [0.2, 0.25) is 0 Å². The second-order valence-electron chi connectivity index (χ2n) is 3.70. The van der Waals surface area contributed by atoms with Gasteiger partial charge in [-0.1, -0.05) is 0 Å². The van der Waals surface area contributed by atoms with Crippen LogP contribution in [0.2, 0.25) is 0 Å². The van der Waals surface area contributed by atoms with Crippen LogP contribution in [0.15, 0.2) is 18.2 Å². The fourth-order valence-electron chi connectivity index (χ4n) is 1.40. The topological polar surface area (TPSA) is 127 Å². The van der Waals surface area contributed by atoms with Crippen molar-refractivity contribution in [1.82, 2.24) is 4.90 Å². The fourth-order valence-corrected chi connectivity index (χ4v) is 1.40. The van der Waals surface area contributed by atoms with E-state index in [0.29, 0.717) is 0 Å². The molecule has 1 amide bonds. The quantitative estimate of drug-likeness (QED) is 0.614. The summed E-state index contributed by atoms with van der Waals surface area (Å²) < 4.78 is 0. The molecule has 1 rings (SSSR count). The predicted octanol–water partition coefficient (Wildman–Crippen LogP) is 0.567. The number of nitrogens with zero attached hydrogens (tertiary/aromatic N) is 3. The zero-order valence-electron chi connectivity index (χ0n) is 9.98. The number of nitro benzene ring substituents is 2. The summed E-state index contributed by atoms with van der Waals surface area (Å²) in [6.45, 7) is -0.255. The highest BCUT2D eigenvalue weighted by Crippen LogP contribution is 2.23. The van der Waals surface area contributed by atoms with E-state index in [9.17, 15) is 25.0 Å². The maximum Gasteiger partial charge on any atom is 0.277 e. The largest absolute Gasteiger partial charge is 0.395 e. The van der Waals surface area contributed by atoms with E-state index in [1.807, 2.05) is 0 Å². The lowest BCUT2D eigenvalue weighted by molar-refractivity contribution is -0.394.